The fourth-order valence-electron chi connectivity index (χ4n) is 4.38. The number of nitrogens with zero attached hydrogens (tertiary/aromatic N) is 4. The van der Waals surface area contributed by atoms with Crippen LogP contribution in [0.25, 0.3) is 0 Å². The first-order valence-corrected chi connectivity index (χ1v) is 14.1. The highest BCUT2D eigenvalue weighted by Gasteiger charge is 2.10. The Morgan fingerprint density at radius 2 is 0.735 bits per heavy atom. The lowest BCUT2D eigenvalue weighted by molar-refractivity contribution is 0.562. The molecule has 0 heterocycles. The minimum Gasteiger partial charge on any atom is -0.229 e. The Morgan fingerprint density at radius 1 is 0.471 bits per heavy atom. The van der Waals surface area contributed by atoms with Crippen LogP contribution >= 0.6 is 0 Å². The van der Waals surface area contributed by atoms with Crippen LogP contribution in [0.1, 0.15) is 129 Å². The van der Waals surface area contributed by atoms with E-state index in [4.69, 9.17) is 0 Å². The molecule has 1 rings (SSSR count). The molecule has 0 aliphatic rings. The lowest BCUT2D eigenvalue weighted by atomic mass is 10.1. The molecule has 34 heavy (non-hydrogen) atoms. The Bertz CT molecular complexity index is 556. The number of nitroso groups, excluding NO2 is 2. The summed E-state index contributed by atoms with van der Waals surface area (Å²) in [6.45, 7) is 5.75. The van der Waals surface area contributed by atoms with Crippen molar-refractivity contribution >= 4 is 11.4 Å². The largest absolute Gasteiger partial charge is 0.229 e. The standard InChI is InChI=1S/C28H50N4O2/c1-3-5-7-9-11-13-15-17-19-25-31(29-33)27-21-23-28(24-22-27)32(30-34)26-20-18-16-14-12-10-8-6-4-2/h21-24H,3-20,25-26H2,1-2H3. The second kappa shape index (κ2) is 21.5. The predicted octanol–water partition coefficient (Wildman–Crippen LogP) is 9.72. The summed E-state index contributed by atoms with van der Waals surface area (Å²) < 4.78 is 0. The average molecular weight is 475 g/mol. The molecular formula is C28H50N4O2. The number of unbranched alkanes of at least 4 members (excludes halogenated alkanes) is 16. The van der Waals surface area contributed by atoms with Gasteiger partial charge in [-0.15, -0.1) is 9.81 Å². The van der Waals surface area contributed by atoms with Gasteiger partial charge in [0.1, 0.15) is 0 Å². The highest BCUT2D eigenvalue weighted by atomic mass is 16.3. The summed E-state index contributed by atoms with van der Waals surface area (Å²) in [6.07, 6.45) is 22.5. The third-order valence-electron chi connectivity index (χ3n) is 6.59. The van der Waals surface area contributed by atoms with Gasteiger partial charge in [0, 0.05) is 13.1 Å². The Balaban J connectivity index is 2.26. The van der Waals surface area contributed by atoms with Crippen molar-refractivity contribution in [3.63, 3.8) is 0 Å². The zero-order valence-corrected chi connectivity index (χ0v) is 22.1. The first-order chi connectivity index (χ1) is 16.8. The van der Waals surface area contributed by atoms with Crippen molar-refractivity contribution in [2.75, 3.05) is 23.1 Å². The summed E-state index contributed by atoms with van der Waals surface area (Å²) in [5.74, 6) is 0. The van der Waals surface area contributed by atoms with E-state index >= 15 is 0 Å². The van der Waals surface area contributed by atoms with Gasteiger partial charge >= 0.3 is 0 Å². The van der Waals surface area contributed by atoms with E-state index in [9.17, 15) is 9.81 Å². The molecular weight excluding hydrogens is 424 g/mol. The second-order valence-corrected chi connectivity index (χ2v) is 9.58. The molecule has 0 atom stereocenters. The minimum atomic E-state index is 0.632. The van der Waals surface area contributed by atoms with E-state index in [1.165, 1.54) is 99.9 Å². The molecule has 0 aromatic heterocycles. The van der Waals surface area contributed by atoms with Gasteiger partial charge in [-0.2, -0.15) is 0 Å². The molecule has 0 N–H and O–H groups in total. The Hall–Kier alpha value is -1.98. The van der Waals surface area contributed by atoms with Crippen molar-refractivity contribution in [3.05, 3.63) is 34.1 Å². The first-order valence-electron chi connectivity index (χ1n) is 14.1. The van der Waals surface area contributed by atoms with E-state index < -0.39 is 0 Å². The van der Waals surface area contributed by atoms with Crippen LogP contribution < -0.4 is 10.0 Å². The first kappa shape index (κ1) is 30.1. The summed E-state index contributed by atoms with van der Waals surface area (Å²) >= 11 is 0. The number of benzene rings is 1. The lowest BCUT2D eigenvalue weighted by Crippen LogP contribution is -2.18. The van der Waals surface area contributed by atoms with E-state index in [2.05, 4.69) is 24.4 Å². The maximum absolute atomic E-state index is 11.3. The zero-order valence-electron chi connectivity index (χ0n) is 22.1. The van der Waals surface area contributed by atoms with Crippen LogP contribution in [0.5, 0.6) is 0 Å². The molecule has 0 unspecified atom stereocenters. The quantitative estimate of drug-likeness (QED) is 0.0849. The summed E-state index contributed by atoms with van der Waals surface area (Å²) in [5, 5.41) is 9.45. The third kappa shape index (κ3) is 14.3. The summed E-state index contributed by atoms with van der Waals surface area (Å²) in [6, 6.07) is 7.44. The SMILES string of the molecule is CCCCCCCCCCCN(N=O)c1ccc(N(CCCCCCCCCCC)N=O)cc1. The van der Waals surface area contributed by atoms with Crippen molar-refractivity contribution in [1.82, 2.24) is 0 Å². The van der Waals surface area contributed by atoms with Crippen LogP contribution in [0.3, 0.4) is 0 Å². The summed E-state index contributed by atoms with van der Waals surface area (Å²) in [7, 11) is 0. The van der Waals surface area contributed by atoms with Gasteiger partial charge < -0.3 is 0 Å². The van der Waals surface area contributed by atoms with Gasteiger partial charge in [-0.1, -0.05) is 117 Å². The van der Waals surface area contributed by atoms with Crippen molar-refractivity contribution in [3.8, 4) is 0 Å². The van der Waals surface area contributed by atoms with E-state index in [0.29, 0.717) is 13.1 Å². The summed E-state index contributed by atoms with van der Waals surface area (Å²) in [4.78, 5) is 22.7. The van der Waals surface area contributed by atoms with Gasteiger partial charge in [0.05, 0.1) is 21.9 Å². The topological polar surface area (TPSA) is 65.3 Å². The normalized spacial score (nSPS) is 10.9. The van der Waals surface area contributed by atoms with Gasteiger partial charge in [0.15, 0.2) is 0 Å². The van der Waals surface area contributed by atoms with E-state index in [-0.39, 0.29) is 0 Å². The monoisotopic (exact) mass is 474 g/mol. The fourth-order valence-corrected chi connectivity index (χ4v) is 4.38. The predicted molar refractivity (Wildman–Crippen MR) is 147 cm³/mol. The Labute approximate surface area is 208 Å². The van der Waals surface area contributed by atoms with Crippen LogP contribution in [0.15, 0.2) is 34.8 Å². The molecule has 0 amide bonds. The smallest absolute Gasteiger partial charge is 0.0627 e. The fraction of sp³-hybridized carbons (Fsp3) is 0.786. The van der Waals surface area contributed by atoms with Crippen LogP contribution in [-0.2, 0) is 0 Å². The van der Waals surface area contributed by atoms with Gasteiger partial charge in [-0.05, 0) is 37.1 Å². The van der Waals surface area contributed by atoms with Crippen LogP contribution in [0.2, 0.25) is 0 Å². The minimum absolute atomic E-state index is 0.632. The molecule has 6 nitrogen and oxygen atoms in total. The molecule has 0 bridgehead atoms. The van der Waals surface area contributed by atoms with Crippen LogP contribution in [-0.4, -0.2) is 13.1 Å². The number of anilines is 2. The highest BCUT2D eigenvalue weighted by molar-refractivity contribution is 5.55. The lowest BCUT2D eigenvalue weighted by Gasteiger charge is -2.18. The van der Waals surface area contributed by atoms with E-state index in [0.717, 1.165) is 37.1 Å². The number of hydrogen-bond donors (Lipinski definition) is 0. The molecule has 1 aromatic carbocycles. The van der Waals surface area contributed by atoms with Gasteiger partial charge in [-0.3, -0.25) is 0 Å². The zero-order chi connectivity index (χ0) is 24.7. The van der Waals surface area contributed by atoms with Gasteiger partial charge in [-0.25, -0.2) is 10.0 Å². The third-order valence-corrected chi connectivity index (χ3v) is 6.59. The van der Waals surface area contributed by atoms with Crippen molar-refractivity contribution in [2.24, 2.45) is 10.6 Å². The van der Waals surface area contributed by atoms with Crippen molar-refractivity contribution in [1.29, 1.82) is 0 Å². The molecule has 1 aromatic rings. The molecule has 0 fully saturated rings. The van der Waals surface area contributed by atoms with Crippen molar-refractivity contribution < 1.29 is 0 Å². The molecule has 0 saturated heterocycles. The maximum atomic E-state index is 11.3. The van der Waals surface area contributed by atoms with Crippen molar-refractivity contribution in [2.45, 2.75) is 129 Å². The molecule has 0 radical (unpaired) electrons. The molecule has 0 aliphatic carbocycles. The average Bonchev–Trinajstić information content (AvgIpc) is 2.87. The molecule has 0 saturated carbocycles. The van der Waals surface area contributed by atoms with E-state index in [1.807, 2.05) is 24.3 Å². The van der Waals surface area contributed by atoms with Gasteiger partial charge in [0.2, 0.25) is 0 Å². The molecule has 0 spiro atoms. The molecule has 194 valence electrons. The summed E-state index contributed by atoms with van der Waals surface area (Å²) in [5.41, 5.74) is 1.54. The van der Waals surface area contributed by atoms with Gasteiger partial charge in [0.25, 0.3) is 0 Å². The number of hydrogen-bond acceptors (Lipinski definition) is 4. The van der Waals surface area contributed by atoms with Crippen LogP contribution in [0.4, 0.5) is 11.4 Å². The van der Waals surface area contributed by atoms with Crippen LogP contribution in [0, 0.1) is 9.81 Å². The molecule has 0 aliphatic heterocycles. The number of rotatable bonds is 24. The maximum Gasteiger partial charge on any atom is 0.0627 e. The Kier molecular flexibility index (Phi) is 19.0. The second-order valence-electron chi connectivity index (χ2n) is 9.58. The Morgan fingerprint density at radius 3 is 1.00 bits per heavy atom. The van der Waals surface area contributed by atoms with E-state index in [1.54, 1.807) is 0 Å². The molecule has 6 heteroatoms. The highest BCUT2D eigenvalue weighted by Crippen LogP contribution is 2.23.